The van der Waals surface area contributed by atoms with Gasteiger partial charge in [-0.05, 0) is 74.5 Å². The van der Waals surface area contributed by atoms with Crippen LogP contribution in [0.4, 0.5) is 4.39 Å². The quantitative estimate of drug-likeness (QED) is 0.770. The maximum Gasteiger partial charge on any atom is 0.243 e. The molecule has 0 spiro atoms. The number of benzene rings is 1. The van der Waals surface area contributed by atoms with Crippen LogP contribution in [-0.4, -0.2) is 61.8 Å². The van der Waals surface area contributed by atoms with Gasteiger partial charge in [0.15, 0.2) is 0 Å². The highest BCUT2D eigenvalue weighted by Gasteiger charge is 2.51. The molecular weight excluding hydrogens is 405 g/mol. The predicted molar refractivity (Wildman–Crippen MR) is 111 cm³/mol. The van der Waals surface area contributed by atoms with Crippen LogP contribution in [0.5, 0.6) is 0 Å². The fraction of sp³-hybridized carbons (Fsp3) is 0.682. The van der Waals surface area contributed by atoms with Gasteiger partial charge in [0.1, 0.15) is 5.82 Å². The van der Waals surface area contributed by atoms with Gasteiger partial charge in [-0.3, -0.25) is 9.69 Å². The van der Waals surface area contributed by atoms with Crippen molar-refractivity contribution in [1.29, 1.82) is 0 Å². The van der Waals surface area contributed by atoms with Gasteiger partial charge in [0.05, 0.1) is 11.4 Å². The SMILES string of the molecule is O=C(CN1CCN(S(=O)(=O)c2cccc(F)c2)CC1)NC12CC3CC(CC(C3)C1)C2. The van der Waals surface area contributed by atoms with Crippen molar-refractivity contribution < 1.29 is 17.6 Å². The summed E-state index contributed by atoms with van der Waals surface area (Å²) in [6.07, 6.45) is 7.42. The van der Waals surface area contributed by atoms with Crippen molar-refractivity contribution in [1.82, 2.24) is 14.5 Å². The Morgan fingerprint density at radius 1 is 1.03 bits per heavy atom. The van der Waals surface area contributed by atoms with Gasteiger partial charge in [0.25, 0.3) is 0 Å². The zero-order chi connectivity index (χ0) is 20.9. The Morgan fingerprint density at radius 2 is 1.63 bits per heavy atom. The third-order valence-corrected chi connectivity index (χ3v) is 9.47. The lowest BCUT2D eigenvalue weighted by Gasteiger charge is -2.57. The molecule has 164 valence electrons. The molecule has 5 fully saturated rings. The van der Waals surface area contributed by atoms with E-state index < -0.39 is 15.8 Å². The third kappa shape index (κ3) is 3.89. The lowest BCUT2D eigenvalue weighted by Crippen LogP contribution is -2.61. The van der Waals surface area contributed by atoms with E-state index in [2.05, 4.69) is 5.32 Å². The van der Waals surface area contributed by atoms with E-state index in [1.807, 2.05) is 4.90 Å². The molecule has 0 unspecified atom stereocenters. The monoisotopic (exact) mass is 435 g/mol. The summed E-state index contributed by atoms with van der Waals surface area (Å²) in [7, 11) is -3.71. The zero-order valence-electron chi connectivity index (χ0n) is 17.2. The van der Waals surface area contributed by atoms with Gasteiger partial charge in [-0.1, -0.05) is 6.07 Å². The second kappa shape index (κ2) is 7.57. The van der Waals surface area contributed by atoms with Gasteiger partial charge < -0.3 is 5.32 Å². The predicted octanol–water partition coefficient (Wildman–Crippen LogP) is 2.22. The molecule has 4 saturated carbocycles. The van der Waals surface area contributed by atoms with Crippen molar-refractivity contribution in [2.45, 2.75) is 49.0 Å². The molecule has 1 aliphatic heterocycles. The van der Waals surface area contributed by atoms with Gasteiger partial charge in [-0.2, -0.15) is 4.31 Å². The Labute approximate surface area is 177 Å². The first kappa shape index (κ1) is 20.4. The summed E-state index contributed by atoms with van der Waals surface area (Å²) < 4.78 is 40.3. The molecular formula is C22H30FN3O3S. The Balaban J connectivity index is 1.15. The highest BCUT2D eigenvalue weighted by atomic mass is 32.2. The van der Waals surface area contributed by atoms with Crippen LogP contribution < -0.4 is 5.32 Å². The number of nitrogens with one attached hydrogen (secondary N) is 1. The summed E-state index contributed by atoms with van der Waals surface area (Å²) in [5.41, 5.74) is 0.00831. The van der Waals surface area contributed by atoms with Crippen molar-refractivity contribution >= 4 is 15.9 Å². The molecule has 30 heavy (non-hydrogen) atoms. The minimum absolute atomic E-state index is 0.00831. The summed E-state index contributed by atoms with van der Waals surface area (Å²) in [5.74, 6) is 1.86. The second-order valence-electron chi connectivity index (χ2n) is 9.88. The van der Waals surface area contributed by atoms with E-state index >= 15 is 0 Å². The highest BCUT2D eigenvalue weighted by molar-refractivity contribution is 7.89. The normalized spacial score (nSPS) is 34.2. The molecule has 4 bridgehead atoms. The summed E-state index contributed by atoms with van der Waals surface area (Å²) in [5, 5.41) is 3.39. The molecule has 6 rings (SSSR count). The summed E-state index contributed by atoms with van der Waals surface area (Å²) in [6.45, 7) is 1.94. The average Bonchev–Trinajstić information content (AvgIpc) is 2.67. The summed E-state index contributed by atoms with van der Waals surface area (Å²) in [6, 6.07) is 5.12. The van der Waals surface area contributed by atoms with Crippen molar-refractivity contribution in [2.24, 2.45) is 17.8 Å². The van der Waals surface area contributed by atoms with E-state index in [-0.39, 0.29) is 16.3 Å². The number of sulfonamides is 1. The van der Waals surface area contributed by atoms with Gasteiger partial charge in [-0.15, -0.1) is 0 Å². The number of carbonyl (C=O) groups excluding carboxylic acids is 1. The van der Waals surface area contributed by atoms with Crippen LogP contribution in [-0.2, 0) is 14.8 Å². The third-order valence-electron chi connectivity index (χ3n) is 7.58. The van der Waals surface area contributed by atoms with Crippen molar-refractivity contribution in [3.8, 4) is 0 Å². The van der Waals surface area contributed by atoms with E-state index in [1.54, 1.807) is 0 Å². The minimum atomic E-state index is -3.71. The van der Waals surface area contributed by atoms with E-state index in [0.29, 0.717) is 32.7 Å². The van der Waals surface area contributed by atoms with Crippen LogP contribution in [0.25, 0.3) is 0 Å². The molecule has 1 amide bonds. The van der Waals surface area contributed by atoms with Gasteiger partial charge >= 0.3 is 0 Å². The molecule has 6 nitrogen and oxygen atoms in total. The van der Waals surface area contributed by atoms with Gasteiger partial charge in [0, 0.05) is 31.7 Å². The molecule has 0 aromatic heterocycles. The molecule has 1 aromatic rings. The number of amides is 1. The number of halogens is 1. The number of nitrogens with zero attached hydrogens (tertiary/aromatic N) is 2. The van der Waals surface area contributed by atoms with Crippen molar-refractivity contribution in [2.75, 3.05) is 32.7 Å². The largest absolute Gasteiger partial charge is 0.350 e. The minimum Gasteiger partial charge on any atom is -0.350 e. The summed E-state index contributed by atoms with van der Waals surface area (Å²) >= 11 is 0. The van der Waals surface area contributed by atoms with Crippen LogP contribution in [0, 0.1) is 23.6 Å². The fourth-order valence-electron chi connectivity index (χ4n) is 6.71. The van der Waals surface area contributed by atoms with Crippen LogP contribution >= 0.6 is 0 Å². The van der Waals surface area contributed by atoms with Crippen LogP contribution in [0.15, 0.2) is 29.2 Å². The van der Waals surface area contributed by atoms with Crippen LogP contribution in [0.1, 0.15) is 38.5 Å². The first-order valence-corrected chi connectivity index (χ1v) is 12.5. The number of carbonyl (C=O) groups is 1. The number of rotatable bonds is 5. The highest BCUT2D eigenvalue weighted by Crippen LogP contribution is 2.55. The zero-order valence-corrected chi connectivity index (χ0v) is 18.0. The first-order valence-electron chi connectivity index (χ1n) is 11.1. The van der Waals surface area contributed by atoms with Crippen LogP contribution in [0.2, 0.25) is 0 Å². The van der Waals surface area contributed by atoms with Crippen molar-refractivity contribution in [3.05, 3.63) is 30.1 Å². The molecule has 5 aliphatic rings. The topological polar surface area (TPSA) is 69.7 Å². The van der Waals surface area contributed by atoms with E-state index in [9.17, 15) is 17.6 Å². The molecule has 8 heteroatoms. The molecule has 4 aliphatic carbocycles. The Kier molecular flexibility index (Phi) is 5.14. The van der Waals surface area contributed by atoms with E-state index in [4.69, 9.17) is 0 Å². The van der Waals surface area contributed by atoms with E-state index in [1.165, 1.54) is 41.8 Å². The van der Waals surface area contributed by atoms with Gasteiger partial charge in [0.2, 0.25) is 15.9 Å². The summed E-state index contributed by atoms with van der Waals surface area (Å²) in [4.78, 5) is 14.8. The molecule has 1 saturated heterocycles. The molecule has 1 N–H and O–H groups in total. The maximum absolute atomic E-state index is 13.4. The average molecular weight is 436 g/mol. The molecule has 0 atom stereocenters. The van der Waals surface area contributed by atoms with Crippen LogP contribution in [0.3, 0.4) is 0 Å². The molecule has 1 aromatic carbocycles. The number of hydrogen-bond donors (Lipinski definition) is 1. The lowest BCUT2D eigenvalue weighted by atomic mass is 9.53. The maximum atomic E-state index is 13.4. The van der Waals surface area contributed by atoms with Gasteiger partial charge in [-0.25, -0.2) is 12.8 Å². The molecule has 1 heterocycles. The molecule has 0 radical (unpaired) electrons. The number of hydrogen-bond acceptors (Lipinski definition) is 4. The lowest BCUT2D eigenvalue weighted by molar-refractivity contribution is -0.128. The first-order chi connectivity index (χ1) is 14.3. The Bertz CT molecular complexity index is 892. The smallest absolute Gasteiger partial charge is 0.243 e. The second-order valence-corrected chi connectivity index (χ2v) is 11.8. The number of piperazine rings is 1. The Hall–Kier alpha value is -1.51. The Morgan fingerprint density at radius 3 is 2.20 bits per heavy atom. The van der Waals surface area contributed by atoms with E-state index in [0.717, 1.165) is 43.1 Å². The van der Waals surface area contributed by atoms with Crippen molar-refractivity contribution in [3.63, 3.8) is 0 Å². The standard InChI is InChI=1S/C22H30FN3O3S/c23-19-2-1-3-20(11-19)30(28,29)26-6-4-25(5-7-26)15-21(27)24-22-12-16-8-17(13-22)10-18(9-16)14-22/h1-3,11,16-18H,4-10,12-15H2,(H,24,27). The fourth-order valence-corrected chi connectivity index (χ4v) is 8.16.